The van der Waals surface area contributed by atoms with E-state index in [9.17, 15) is 0 Å². The van der Waals surface area contributed by atoms with Gasteiger partial charge in [0.05, 0.1) is 16.7 Å². The van der Waals surface area contributed by atoms with Gasteiger partial charge >= 0.3 is 0 Å². The molecule has 196 valence electrons. The number of para-hydroxylation sites is 1. The fraction of sp³-hybridized carbons (Fsp3) is 0. The van der Waals surface area contributed by atoms with E-state index in [0.29, 0.717) is 5.95 Å². The summed E-state index contributed by atoms with van der Waals surface area (Å²) in [5.74, 6) is 0.689. The van der Waals surface area contributed by atoms with Gasteiger partial charge in [0.25, 0.3) is 0 Å². The number of benzene rings is 6. The van der Waals surface area contributed by atoms with Crippen LogP contribution in [-0.2, 0) is 0 Å². The summed E-state index contributed by atoms with van der Waals surface area (Å²) in [6.45, 7) is 0. The summed E-state index contributed by atoms with van der Waals surface area (Å²) < 4.78 is 2.24. The van der Waals surface area contributed by atoms with Crippen molar-refractivity contribution in [2.75, 3.05) is 0 Å². The number of nitrogens with zero attached hydrogens (tertiary/aromatic N) is 3. The van der Waals surface area contributed by atoms with Crippen molar-refractivity contribution in [3.05, 3.63) is 139 Å². The minimum Gasteiger partial charge on any atom is -0.278 e. The highest BCUT2D eigenvalue weighted by Gasteiger charge is 2.20. The number of rotatable bonds is 3. The van der Waals surface area contributed by atoms with Gasteiger partial charge < -0.3 is 0 Å². The zero-order valence-corrected chi connectivity index (χ0v) is 23.3. The molecule has 9 rings (SSSR count). The van der Waals surface area contributed by atoms with Crippen molar-refractivity contribution in [3.8, 4) is 28.3 Å². The van der Waals surface area contributed by atoms with Crippen LogP contribution in [0.1, 0.15) is 0 Å². The van der Waals surface area contributed by atoms with Crippen molar-refractivity contribution < 1.29 is 0 Å². The van der Waals surface area contributed by atoms with E-state index in [0.717, 1.165) is 32.5 Å². The van der Waals surface area contributed by atoms with Gasteiger partial charge in [0.1, 0.15) is 4.83 Å². The van der Waals surface area contributed by atoms with Crippen LogP contribution in [-0.4, -0.2) is 14.5 Å². The summed E-state index contributed by atoms with van der Waals surface area (Å²) in [6.07, 6.45) is 0. The zero-order chi connectivity index (χ0) is 27.6. The van der Waals surface area contributed by atoms with Crippen LogP contribution in [0.5, 0.6) is 0 Å². The highest BCUT2D eigenvalue weighted by molar-refractivity contribution is 7.16. The van der Waals surface area contributed by atoms with Gasteiger partial charge in [-0.2, -0.15) is 0 Å². The molecule has 0 radical (unpaired) electrons. The molecule has 6 aromatic carbocycles. The van der Waals surface area contributed by atoms with Crippen molar-refractivity contribution in [2.45, 2.75) is 0 Å². The third-order valence-corrected chi connectivity index (χ3v) is 9.14. The van der Waals surface area contributed by atoms with Gasteiger partial charge in [-0.1, -0.05) is 115 Å². The Morgan fingerprint density at radius 3 is 2.00 bits per heavy atom. The molecule has 0 aliphatic rings. The van der Waals surface area contributed by atoms with E-state index >= 15 is 0 Å². The van der Waals surface area contributed by atoms with E-state index in [1.165, 1.54) is 43.4 Å². The second-order valence-corrected chi connectivity index (χ2v) is 11.5. The van der Waals surface area contributed by atoms with Crippen LogP contribution in [0.15, 0.2) is 139 Å². The van der Waals surface area contributed by atoms with Crippen LogP contribution >= 0.6 is 11.3 Å². The number of thiophene rings is 1. The average Bonchev–Trinajstić information content (AvgIpc) is 3.67. The lowest BCUT2D eigenvalue weighted by Crippen LogP contribution is -2.03. The fourth-order valence-electron chi connectivity index (χ4n) is 6.49. The van der Waals surface area contributed by atoms with E-state index in [-0.39, 0.29) is 0 Å². The van der Waals surface area contributed by atoms with Crippen molar-refractivity contribution in [3.63, 3.8) is 0 Å². The van der Waals surface area contributed by atoms with Crippen molar-refractivity contribution in [2.24, 2.45) is 0 Å². The quantitative estimate of drug-likeness (QED) is 0.218. The Hall–Kier alpha value is -5.32. The van der Waals surface area contributed by atoms with Crippen molar-refractivity contribution in [1.82, 2.24) is 14.5 Å². The lowest BCUT2D eigenvalue weighted by Gasteiger charge is -2.14. The first-order valence-corrected chi connectivity index (χ1v) is 15.0. The molecule has 0 aliphatic heterocycles. The van der Waals surface area contributed by atoms with Gasteiger partial charge in [-0.25, -0.2) is 9.97 Å². The minimum absolute atomic E-state index is 0.689. The van der Waals surface area contributed by atoms with E-state index < -0.39 is 0 Å². The Morgan fingerprint density at radius 1 is 0.452 bits per heavy atom. The Balaban J connectivity index is 1.36. The van der Waals surface area contributed by atoms with Crippen LogP contribution in [0.4, 0.5) is 0 Å². The standard InChI is InChI=1S/C38H23N3S/c1-3-13-26-24(10-1)12-9-18-28(26)29-15-5-6-16-30(29)36-32-22-23-42-37(32)40-38(39-36)41-33-19-8-7-17-31(33)35-27-14-4-2-11-25(27)20-21-34(35)41/h1-23H. The smallest absolute Gasteiger partial charge is 0.236 e. The summed E-state index contributed by atoms with van der Waals surface area (Å²) in [5, 5.41) is 10.6. The van der Waals surface area contributed by atoms with Crippen LogP contribution in [0.2, 0.25) is 0 Å². The van der Waals surface area contributed by atoms with Crippen LogP contribution < -0.4 is 0 Å². The number of aromatic nitrogens is 3. The third-order valence-electron chi connectivity index (χ3n) is 8.34. The maximum absolute atomic E-state index is 5.39. The highest BCUT2D eigenvalue weighted by Crippen LogP contribution is 2.41. The minimum atomic E-state index is 0.689. The molecule has 0 saturated heterocycles. The molecule has 0 fully saturated rings. The Kier molecular flexibility index (Phi) is 5.07. The zero-order valence-electron chi connectivity index (χ0n) is 22.5. The maximum Gasteiger partial charge on any atom is 0.236 e. The second-order valence-electron chi connectivity index (χ2n) is 10.6. The van der Waals surface area contributed by atoms with Gasteiger partial charge in [-0.15, -0.1) is 11.3 Å². The van der Waals surface area contributed by atoms with E-state index in [1.54, 1.807) is 11.3 Å². The first-order chi connectivity index (χ1) is 20.8. The van der Waals surface area contributed by atoms with Gasteiger partial charge in [-0.3, -0.25) is 4.57 Å². The molecule has 0 saturated carbocycles. The van der Waals surface area contributed by atoms with Gasteiger partial charge in [-0.05, 0) is 56.3 Å². The number of fused-ring (bicyclic) bond motifs is 7. The van der Waals surface area contributed by atoms with Crippen molar-refractivity contribution in [1.29, 1.82) is 0 Å². The van der Waals surface area contributed by atoms with Crippen LogP contribution in [0, 0.1) is 0 Å². The van der Waals surface area contributed by atoms with Crippen LogP contribution in [0.25, 0.3) is 81.9 Å². The molecule has 3 aromatic heterocycles. The molecule has 0 N–H and O–H groups in total. The lowest BCUT2D eigenvalue weighted by molar-refractivity contribution is 1.02. The molecule has 0 spiro atoms. The summed E-state index contributed by atoms with van der Waals surface area (Å²) in [5.41, 5.74) is 6.64. The second kappa shape index (κ2) is 9.10. The van der Waals surface area contributed by atoms with Gasteiger partial charge in [0, 0.05) is 21.7 Å². The predicted molar refractivity (Wildman–Crippen MR) is 178 cm³/mol. The molecule has 4 heteroatoms. The first-order valence-electron chi connectivity index (χ1n) is 14.1. The first kappa shape index (κ1) is 23.4. The average molecular weight is 554 g/mol. The molecule has 3 heterocycles. The van der Waals surface area contributed by atoms with Crippen LogP contribution in [0.3, 0.4) is 0 Å². The molecule has 42 heavy (non-hydrogen) atoms. The topological polar surface area (TPSA) is 30.7 Å². The highest BCUT2D eigenvalue weighted by atomic mass is 32.1. The number of hydrogen-bond donors (Lipinski definition) is 0. The van der Waals surface area contributed by atoms with E-state index in [2.05, 4.69) is 143 Å². The number of hydrogen-bond acceptors (Lipinski definition) is 3. The molecule has 0 unspecified atom stereocenters. The van der Waals surface area contributed by atoms with Crippen molar-refractivity contribution >= 4 is 64.9 Å². The lowest BCUT2D eigenvalue weighted by atomic mass is 9.92. The molecule has 0 bridgehead atoms. The molecular formula is C38H23N3S. The van der Waals surface area contributed by atoms with Gasteiger partial charge in [0.15, 0.2) is 0 Å². The summed E-state index contributed by atoms with van der Waals surface area (Å²) in [4.78, 5) is 11.5. The fourth-order valence-corrected chi connectivity index (χ4v) is 7.25. The Bertz CT molecular complexity index is 2480. The van der Waals surface area contributed by atoms with E-state index in [1.807, 2.05) is 0 Å². The molecule has 0 atom stereocenters. The molecular weight excluding hydrogens is 531 g/mol. The molecule has 0 amide bonds. The monoisotopic (exact) mass is 553 g/mol. The Labute approximate surface area is 246 Å². The Morgan fingerprint density at radius 2 is 1.12 bits per heavy atom. The van der Waals surface area contributed by atoms with Gasteiger partial charge in [0.2, 0.25) is 5.95 Å². The predicted octanol–water partition coefficient (Wildman–Crippen LogP) is 10.4. The molecule has 3 nitrogen and oxygen atoms in total. The molecule has 9 aromatic rings. The maximum atomic E-state index is 5.39. The third kappa shape index (κ3) is 3.39. The van der Waals surface area contributed by atoms with E-state index in [4.69, 9.17) is 9.97 Å². The summed E-state index contributed by atoms with van der Waals surface area (Å²) in [7, 11) is 0. The SMILES string of the molecule is c1ccc(-c2nc(-n3c4ccccc4c4c5ccccc5ccc43)nc3sccc23)c(-c2cccc3ccccc23)c1. The summed E-state index contributed by atoms with van der Waals surface area (Å²) in [6, 6.07) is 47.5. The summed E-state index contributed by atoms with van der Waals surface area (Å²) >= 11 is 1.66. The normalized spacial score (nSPS) is 11.8. The largest absolute Gasteiger partial charge is 0.278 e. The molecule has 0 aliphatic carbocycles.